The molecule has 0 atom stereocenters. The van der Waals surface area contributed by atoms with Gasteiger partial charge in [-0.2, -0.15) is 0 Å². The number of carbonyl (C=O) groups excluding carboxylic acids is 1. The van der Waals surface area contributed by atoms with Gasteiger partial charge in [0.25, 0.3) is 0 Å². The highest BCUT2D eigenvalue weighted by molar-refractivity contribution is 5.98. The molecule has 0 aliphatic heterocycles. The van der Waals surface area contributed by atoms with E-state index in [1.807, 2.05) is 12.1 Å². The van der Waals surface area contributed by atoms with E-state index in [9.17, 15) is 4.79 Å². The molecule has 82 valence electrons. The highest BCUT2D eigenvalue weighted by Gasteiger charge is 2.05. The Bertz CT molecular complexity index is 570. The summed E-state index contributed by atoms with van der Waals surface area (Å²) in [6.07, 6.45) is 0.185. The van der Waals surface area contributed by atoms with Gasteiger partial charge in [0.15, 0.2) is 0 Å². The fourth-order valence-corrected chi connectivity index (χ4v) is 1.64. The number of nitrogens with two attached hydrogens (primary N) is 2. The third kappa shape index (κ3) is 1.88. The van der Waals surface area contributed by atoms with Crippen molar-refractivity contribution in [1.82, 2.24) is 4.98 Å². The topological polar surface area (TPSA) is 109 Å². The largest absolute Gasteiger partial charge is 0.384 e. The van der Waals surface area contributed by atoms with Crippen LogP contribution in [-0.4, -0.2) is 16.7 Å². The highest BCUT2D eigenvalue weighted by atomic mass is 16.1. The van der Waals surface area contributed by atoms with Gasteiger partial charge in [0.2, 0.25) is 5.91 Å². The van der Waals surface area contributed by atoms with Crippen molar-refractivity contribution in [2.45, 2.75) is 6.42 Å². The molecule has 0 saturated carbocycles. The lowest BCUT2D eigenvalue weighted by Gasteiger charge is -1.97. The van der Waals surface area contributed by atoms with Gasteiger partial charge in [0.05, 0.1) is 6.42 Å². The van der Waals surface area contributed by atoms with E-state index in [1.165, 1.54) is 0 Å². The lowest BCUT2D eigenvalue weighted by atomic mass is 10.1. The van der Waals surface area contributed by atoms with Crippen molar-refractivity contribution in [3.63, 3.8) is 0 Å². The minimum absolute atomic E-state index is 0.0213. The lowest BCUT2D eigenvalue weighted by Crippen LogP contribution is -2.13. The predicted molar refractivity (Wildman–Crippen MR) is 62.2 cm³/mol. The number of hydrogen-bond acceptors (Lipinski definition) is 2. The summed E-state index contributed by atoms with van der Waals surface area (Å²) in [5.41, 5.74) is 12.8. The number of hydrogen-bond donors (Lipinski definition) is 4. The van der Waals surface area contributed by atoms with Crippen molar-refractivity contribution in [3.8, 4) is 0 Å². The van der Waals surface area contributed by atoms with Crippen molar-refractivity contribution < 1.29 is 4.79 Å². The summed E-state index contributed by atoms with van der Waals surface area (Å²) < 4.78 is 0. The minimum Gasteiger partial charge on any atom is -0.384 e. The number of aromatic amines is 1. The van der Waals surface area contributed by atoms with Gasteiger partial charge in [-0.1, -0.05) is 12.1 Å². The zero-order valence-corrected chi connectivity index (χ0v) is 8.58. The normalized spacial score (nSPS) is 10.5. The van der Waals surface area contributed by atoms with E-state index in [1.54, 1.807) is 12.1 Å². The third-order valence-corrected chi connectivity index (χ3v) is 2.35. The summed E-state index contributed by atoms with van der Waals surface area (Å²) in [5.74, 6) is -0.355. The number of amidine groups is 1. The molecule has 1 aromatic carbocycles. The number of primary amides is 1. The number of amides is 1. The van der Waals surface area contributed by atoms with Crippen LogP contribution in [0.1, 0.15) is 11.3 Å². The molecule has 6 N–H and O–H groups in total. The van der Waals surface area contributed by atoms with Crippen molar-refractivity contribution in [2.24, 2.45) is 11.5 Å². The molecule has 5 heteroatoms. The summed E-state index contributed by atoms with van der Waals surface area (Å²) >= 11 is 0. The van der Waals surface area contributed by atoms with Crippen LogP contribution in [0.4, 0.5) is 0 Å². The second-order valence-electron chi connectivity index (χ2n) is 3.65. The van der Waals surface area contributed by atoms with E-state index in [0.717, 1.165) is 16.6 Å². The molecule has 0 fully saturated rings. The molecule has 1 amide bonds. The van der Waals surface area contributed by atoms with Gasteiger partial charge in [-0.15, -0.1) is 0 Å². The first-order valence-corrected chi connectivity index (χ1v) is 4.80. The average Bonchev–Trinajstić information content (AvgIpc) is 2.56. The zero-order valence-electron chi connectivity index (χ0n) is 8.58. The lowest BCUT2D eigenvalue weighted by molar-refractivity contribution is -0.117. The molecule has 0 radical (unpaired) electrons. The number of fused-ring (bicyclic) bond motifs is 1. The fourth-order valence-electron chi connectivity index (χ4n) is 1.64. The molecular weight excluding hydrogens is 204 g/mol. The zero-order chi connectivity index (χ0) is 11.7. The number of rotatable bonds is 3. The van der Waals surface area contributed by atoms with Crippen LogP contribution in [0, 0.1) is 5.41 Å². The molecular formula is C11H12N4O. The number of H-pyrrole nitrogens is 1. The molecule has 0 unspecified atom stereocenters. The average molecular weight is 216 g/mol. The van der Waals surface area contributed by atoms with E-state index in [0.29, 0.717) is 5.56 Å². The first-order chi connectivity index (χ1) is 7.56. The Morgan fingerprint density at radius 3 is 2.69 bits per heavy atom. The van der Waals surface area contributed by atoms with Crippen molar-refractivity contribution in [3.05, 3.63) is 35.5 Å². The maximum atomic E-state index is 10.8. The summed E-state index contributed by atoms with van der Waals surface area (Å²) in [6, 6.07) is 7.27. The van der Waals surface area contributed by atoms with Gasteiger partial charge in [0.1, 0.15) is 5.84 Å². The van der Waals surface area contributed by atoms with Crippen LogP contribution in [-0.2, 0) is 11.2 Å². The molecule has 0 aliphatic rings. The van der Waals surface area contributed by atoms with Gasteiger partial charge in [-0.3, -0.25) is 10.2 Å². The van der Waals surface area contributed by atoms with Crippen LogP contribution < -0.4 is 11.5 Å². The summed E-state index contributed by atoms with van der Waals surface area (Å²) in [7, 11) is 0. The molecule has 0 aliphatic carbocycles. The molecule has 5 nitrogen and oxygen atoms in total. The summed E-state index contributed by atoms with van der Waals surface area (Å²) in [6.45, 7) is 0. The summed E-state index contributed by atoms with van der Waals surface area (Å²) in [4.78, 5) is 13.8. The number of carbonyl (C=O) groups is 1. The smallest absolute Gasteiger partial charge is 0.223 e. The Kier molecular flexibility index (Phi) is 2.36. The maximum Gasteiger partial charge on any atom is 0.223 e. The van der Waals surface area contributed by atoms with Crippen molar-refractivity contribution in [1.29, 1.82) is 5.41 Å². The first-order valence-electron chi connectivity index (χ1n) is 4.80. The van der Waals surface area contributed by atoms with E-state index in [-0.39, 0.29) is 18.2 Å². The molecule has 2 rings (SSSR count). The predicted octanol–water partition coefficient (Wildman–Crippen LogP) is 0.480. The van der Waals surface area contributed by atoms with Gasteiger partial charge in [-0.05, 0) is 17.5 Å². The van der Waals surface area contributed by atoms with E-state index < -0.39 is 0 Å². The Balaban J connectivity index is 2.45. The summed E-state index contributed by atoms with van der Waals surface area (Å²) in [5, 5.41) is 8.29. The maximum absolute atomic E-state index is 10.8. The third-order valence-electron chi connectivity index (χ3n) is 2.35. The number of benzene rings is 1. The van der Waals surface area contributed by atoms with Crippen molar-refractivity contribution in [2.75, 3.05) is 0 Å². The van der Waals surface area contributed by atoms with Crippen LogP contribution in [0.2, 0.25) is 0 Å². The number of aromatic nitrogens is 1. The van der Waals surface area contributed by atoms with E-state index >= 15 is 0 Å². The Morgan fingerprint density at radius 2 is 2.06 bits per heavy atom. The molecule has 1 aromatic heterocycles. The molecule has 1 heterocycles. The monoisotopic (exact) mass is 216 g/mol. The Morgan fingerprint density at radius 1 is 1.31 bits per heavy atom. The number of nitrogen functional groups attached to an aromatic ring is 1. The second-order valence-corrected chi connectivity index (χ2v) is 3.65. The second kappa shape index (κ2) is 3.69. The fraction of sp³-hybridized carbons (Fsp3) is 0.0909. The molecule has 0 saturated heterocycles. The first kappa shape index (κ1) is 10.2. The van der Waals surface area contributed by atoms with Crippen LogP contribution >= 0.6 is 0 Å². The quantitative estimate of drug-likeness (QED) is 0.442. The SMILES string of the molecule is N=C(N)c1ccc2cc(CC(N)=O)[nH]c2c1. The molecule has 0 bridgehead atoms. The highest BCUT2D eigenvalue weighted by Crippen LogP contribution is 2.17. The van der Waals surface area contributed by atoms with Crippen LogP contribution in [0.15, 0.2) is 24.3 Å². The molecule has 2 aromatic rings. The molecule has 16 heavy (non-hydrogen) atoms. The van der Waals surface area contributed by atoms with Gasteiger partial charge >= 0.3 is 0 Å². The minimum atomic E-state index is -0.377. The van der Waals surface area contributed by atoms with Crippen molar-refractivity contribution >= 4 is 22.6 Å². The van der Waals surface area contributed by atoms with E-state index in [4.69, 9.17) is 16.9 Å². The van der Waals surface area contributed by atoms with Crippen LogP contribution in [0.5, 0.6) is 0 Å². The Hall–Kier alpha value is -2.30. The van der Waals surface area contributed by atoms with Crippen LogP contribution in [0.3, 0.4) is 0 Å². The van der Waals surface area contributed by atoms with Gasteiger partial charge in [-0.25, -0.2) is 0 Å². The molecule has 0 spiro atoms. The van der Waals surface area contributed by atoms with Gasteiger partial charge in [0, 0.05) is 16.8 Å². The van der Waals surface area contributed by atoms with Gasteiger partial charge < -0.3 is 16.5 Å². The van der Waals surface area contributed by atoms with E-state index in [2.05, 4.69) is 4.98 Å². The number of nitrogens with one attached hydrogen (secondary N) is 2. The van der Waals surface area contributed by atoms with Crippen LogP contribution in [0.25, 0.3) is 10.9 Å². The Labute approximate surface area is 91.9 Å². The standard InChI is InChI=1S/C11H12N4O/c12-10(16)5-8-3-6-1-2-7(11(13)14)4-9(6)15-8/h1-4,15H,5H2,(H2,12,16)(H3,13,14).